The van der Waals surface area contributed by atoms with Crippen LogP contribution in [0.1, 0.15) is 23.4 Å². The van der Waals surface area contributed by atoms with Crippen molar-refractivity contribution >= 4 is 5.97 Å². The Labute approximate surface area is 95.3 Å². The Bertz CT molecular complexity index is 457. The number of aryl methyl sites for hydroxylation is 1. The van der Waals surface area contributed by atoms with Crippen molar-refractivity contribution in [3.8, 4) is 0 Å². The predicted octanol–water partition coefficient (Wildman–Crippen LogP) is 2.29. The minimum Gasteiger partial charge on any atom is -0.481 e. The summed E-state index contributed by atoms with van der Waals surface area (Å²) in [7, 11) is 0. The molecule has 1 aliphatic rings. The largest absolute Gasteiger partial charge is 0.481 e. The van der Waals surface area contributed by atoms with Crippen LogP contribution in [0.25, 0.3) is 0 Å². The first-order valence-electron chi connectivity index (χ1n) is 5.16. The zero-order valence-corrected chi connectivity index (χ0v) is 8.79. The molecule has 1 aromatic rings. The molecule has 0 bridgehead atoms. The summed E-state index contributed by atoms with van der Waals surface area (Å²) in [5.41, 5.74) is 0.0685. The third-order valence-electron chi connectivity index (χ3n) is 2.90. The number of nitrogens with zero attached hydrogens (tertiary/aromatic N) is 1. The van der Waals surface area contributed by atoms with E-state index >= 15 is 0 Å². The number of aliphatic carboxylic acids is 1. The molecule has 17 heavy (non-hydrogen) atoms. The maximum atomic E-state index is 12.4. The zero-order valence-electron chi connectivity index (χ0n) is 8.79. The summed E-state index contributed by atoms with van der Waals surface area (Å²) in [6, 6.07) is 2.24. The molecule has 0 saturated carbocycles. The fourth-order valence-corrected chi connectivity index (χ4v) is 1.98. The number of carboxylic acid groups (broad SMARTS) is 1. The number of hydrogen-bond donors (Lipinski definition) is 1. The highest BCUT2D eigenvalue weighted by molar-refractivity contribution is 5.70. The highest BCUT2D eigenvalue weighted by atomic mass is 19.4. The minimum atomic E-state index is -4.45. The Morgan fingerprint density at radius 2 is 2.12 bits per heavy atom. The molecule has 0 fully saturated rings. The third kappa shape index (κ3) is 2.40. The van der Waals surface area contributed by atoms with E-state index in [2.05, 4.69) is 4.98 Å². The Hall–Kier alpha value is -1.59. The number of carboxylic acids is 1. The van der Waals surface area contributed by atoms with Crippen LogP contribution in [0.3, 0.4) is 0 Å². The van der Waals surface area contributed by atoms with Gasteiger partial charge < -0.3 is 5.11 Å². The SMILES string of the molecule is O=C(O)C1CCc2nc(C(F)(F)F)ccc2C1. The van der Waals surface area contributed by atoms with E-state index in [1.807, 2.05) is 0 Å². The van der Waals surface area contributed by atoms with Crippen molar-refractivity contribution in [1.82, 2.24) is 4.98 Å². The summed E-state index contributed by atoms with van der Waals surface area (Å²) in [4.78, 5) is 14.4. The molecular weight excluding hydrogens is 235 g/mol. The molecule has 1 aliphatic carbocycles. The molecule has 1 N–H and O–H groups in total. The van der Waals surface area contributed by atoms with Gasteiger partial charge in [0.25, 0.3) is 0 Å². The molecule has 1 atom stereocenters. The van der Waals surface area contributed by atoms with Gasteiger partial charge in [0, 0.05) is 5.69 Å². The quantitative estimate of drug-likeness (QED) is 0.825. The smallest absolute Gasteiger partial charge is 0.433 e. The van der Waals surface area contributed by atoms with Crippen molar-refractivity contribution in [2.45, 2.75) is 25.4 Å². The van der Waals surface area contributed by atoms with Crippen LogP contribution in [0.4, 0.5) is 13.2 Å². The van der Waals surface area contributed by atoms with Crippen molar-refractivity contribution < 1.29 is 23.1 Å². The molecule has 6 heteroatoms. The van der Waals surface area contributed by atoms with Crippen molar-refractivity contribution in [3.05, 3.63) is 29.1 Å². The minimum absolute atomic E-state index is 0.260. The van der Waals surface area contributed by atoms with Gasteiger partial charge in [-0.1, -0.05) is 6.07 Å². The van der Waals surface area contributed by atoms with Crippen LogP contribution in [0.15, 0.2) is 12.1 Å². The number of pyridine rings is 1. The van der Waals surface area contributed by atoms with E-state index in [1.54, 1.807) is 0 Å². The number of carbonyl (C=O) groups is 1. The second kappa shape index (κ2) is 4.01. The fourth-order valence-electron chi connectivity index (χ4n) is 1.98. The molecule has 1 aromatic heterocycles. The summed E-state index contributed by atoms with van der Waals surface area (Å²) in [6.45, 7) is 0. The summed E-state index contributed by atoms with van der Waals surface area (Å²) in [5, 5.41) is 8.85. The molecule has 2 rings (SSSR count). The second-order valence-electron chi connectivity index (χ2n) is 4.08. The van der Waals surface area contributed by atoms with E-state index in [-0.39, 0.29) is 12.8 Å². The molecule has 3 nitrogen and oxygen atoms in total. The van der Waals surface area contributed by atoms with E-state index in [9.17, 15) is 18.0 Å². The average Bonchev–Trinajstić information content (AvgIpc) is 2.26. The first-order chi connectivity index (χ1) is 7.88. The monoisotopic (exact) mass is 245 g/mol. The van der Waals surface area contributed by atoms with E-state index in [0.717, 1.165) is 6.07 Å². The maximum absolute atomic E-state index is 12.4. The van der Waals surface area contributed by atoms with Gasteiger partial charge in [-0.15, -0.1) is 0 Å². The normalized spacial score (nSPS) is 19.8. The van der Waals surface area contributed by atoms with Crippen LogP contribution < -0.4 is 0 Å². The van der Waals surface area contributed by atoms with Crippen LogP contribution in [-0.2, 0) is 23.8 Å². The highest BCUT2D eigenvalue weighted by Gasteiger charge is 2.34. The highest BCUT2D eigenvalue weighted by Crippen LogP contribution is 2.31. The van der Waals surface area contributed by atoms with E-state index in [1.165, 1.54) is 6.07 Å². The number of rotatable bonds is 1. The van der Waals surface area contributed by atoms with Gasteiger partial charge in [0.05, 0.1) is 5.92 Å². The van der Waals surface area contributed by atoms with Crippen molar-refractivity contribution in [2.24, 2.45) is 5.92 Å². The lowest BCUT2D eigenvalue weighted by Gasteiger charge is -2.21. The van der Waals surface area contributed by atoms with Gasteiger partial charge in [-0.2, -0.15) is 13.2 Å². The number of halogens is 3. The Kier molecular flexibility index (Phi) is 2.81. The van der Waals surface area contributed by atoms with Crippen LogP contribution in [0.2, 0.25) is 0 Å². The van der Waals surface area contributed by atoms with Crippen molar-refractivity contribution in [1.29, 1.82) is 0 Å². The topological polar surface area (TPSA) is 50.2 Å². The molecule has 0 aromatic carbocycles. The van der Waals surface area contributed by atoms with Crippen LogP contribution >= 0.6 is 0 Å². The van der Waals surface area contributed by atoms with Gasteiger partial charge in [-0.05, 0) is 30.9 Å². The zero-order chi connectivity index (χ0) is 12.6. The summed E-state index contributed by atoms with van der Waals surface area (Å²) in [6.07, 6.45) is -3.55. The van der Waals surface area contributed by atoms with E-state index in [4.69, 9.17) is 5.11 Å². The standard InChI is InChI=1S/C11H10F3NO2/c12-11(13,14)9-4-2-6-5-7(10(16)17)1-3-8(6)15-9/h2,4,7H,1,3,5H2,(H,16,17). The van der Waals surface area contributed by atoms with Gasteiger partial charge in [0.2, 0.25) is 0 Å². The summed E-state index contributed by atoms with van der Waals surface area (Å²) >= 11 is 0. The van der Waals surface area contributed by atoms with Crippen molar-refractivity contribution in [3.63, 3.8) is 0 Å². The third-order valence-corrected chi connectivity index (χ3v) is 2.90. The molecule has 1 unspecified atom stereocenters. The Morgan fingerprint density at radius 3 is 2.71 bits per heavy atom. The Morgan fingerprint density at radius 1 is 1.41 bits per heavy atom. The molecule has 0 amide bonds. The van der Waals surface area contributed by atoms with E-state index < -0.39 is 23.8 Å². The summed E-state index contributed by atoms with van der Waals surface area (Å²) < 4.78 is 37.2. The molecular formula is C11H10F3NO2. The first kappa shape index (κ1) is 11.9. The van der Waals surface area contributed by atoms with Gasteiger partial charge in [0.15, 0.2) is 0 Å². The van der Waals surface area contributed by atoms with Gasteiger partial charge in [0.1, 0.15) is 5.69 Å². The lowest BCUT2D eigenvalue weighted by molar-refractivity contribution is -0.143. The lowest BCUT2D eigenvalue weighted by atomic mass is 9.86. The molecule has 92 valence electrons. The number of alkyl halides is 3. The van der Waals surface area contributed by atoms with Crippen LogP contribution in [0, 0.1) is 5.92 Å². The van der Waals surface area contributed by atoms with Crippen LogP contribution in [0.5, 0.6) is 0 Å². The van der Waals surface area contributed by atoms with Gasteiger partial charge >= 0.3 is 12.1 Å². The molecule has 0 spiro atoms. The van der Waals surface area contributed by atoms with Crippen molar-refractivity contribution in [2.75, 3.05) is 0 Å². The number of fused-ring (bicyclic) bond motifs is 1. The Balaban J connectivity index is 2.29. The maximum Gasteiger partial charge on any atom is 0.433 e. The molecule has 0 aliphatic heterocycles. The predicted molar refractivity (Wildman–Crippen MR) is 52.4 cm³/mol. The first-order valence-corrected chi connectivity index (χ1v) is 5.16. The van der Waals surface area contributed by atoms with Crippen LogP contribution in [-0.4, -0.2) is 16.1 Å². The second-order valence-corrected chi connectivity index (χ2v) is 4.08. The molecule has 0 radical (unpaired) electrons. The van der Waals surface area contributed by atoms with E-state index in [0.29, 0.717) is 17.7 Å². The average molecular weight is 245 g/mol. The number of aromatic nitrogens is 1. The lowest BCUT2D eigenvalue weighted by Crippen LogP contribution is -2.23. The fraction of sp³-hybridized carbons (Fsp3) is 0.455. The summed E-state index contributed by atoms with van der Waals surface area (Å²) in [5.74, 6) is -1.42. The van der Waals surface area contributed by atoms with Gasteiger partial charge in [-0.25, -0.2) is 4.98 Å². The van der Waals surface area contributed by atoms with Gasteiger partial charge in [-0.3, -0.25) is 4.79 Å². The molecule has 1 heterocycles. The number of hydrogen-bond acceptors (Lipinski definition) is 2. The molecule has 0 saturated heterocycles.